The van der Waals surface area contributed by atoms with Crippen LogP contribution in [0, 0.1) is 11.8 Å². The van der Waals surface area contributed by atoms with Crippen LogP contribution in [0.15, 0.2) is 42.0 Å². The lowest BCUT2D eigenvalue weighted by molar-refractivity contribution is -0.169. The van der Waals surface area contributed by atoms with Crippen molar-refractivity contribution in [2.24, 2.45) is 11.8 Å². The van der Waals surface area contributed by atoms with Gasteiger partial charge in [0.15, 0.2) is 0 Å². The van der Waals surface area contributed by atoms with E-state index in [0.717, 1.165) is 11.1 Å². The van der Waals surface area contributed by atoms with Crippen LogP contribution in [-0.4, -0.2) is 30.6 Å². The minimum absolute atomic E-state index is 0.155. The Morgan fingerprint density at radius 3 is 2.36 bits per heavy atom. The highest BCUT2D eigenvalue weighted by molar-refractivity contribution is 5.85. The Morgan fingerprint density at radius 1 is 1.07 bits per heavy atom. The van der Waals surface area contributed by atoms with Crippen molar-refractivity contribution in [2.45, 2.75) is 52.2 Å². The largest absolute Gasteiger partial charge is 0.466 e. The topological polar surface area (TPSA) is 78.9 Å². The average Bonchev–Trinajstić information content (AvgIpc) is 2.65. The predicted molar refractivity (Wildman–Crippen MR) is 103 cm³/mol. The summed E-state index contributed by atoms with van der Waals surface area (Å²) in [4.78, 5) is 37.0. The van der Waals surface area contributed by atoms with E-state index in [9.17, 15) is 14.4 Å². The Bertz CT molecular complexity index is 729. The van der Waals surface area contributed by atoms with E-state index in [0.29, 0.717) is 12.8 Å². The highest BCUT2D eigenvalue weighted by atomic mass is 16.6. The third-order valence-electron chi connectivity index (χ3n) is 4.50. The minimum Gasteiger partial charge on any atom is -0.466 e. The number of carbonyl (C=O) groups is 3. The van der Waals surface area contributed by atoms with Gasteiger partial charge >= 0.3 is 17.9 Å². The molecule has 28 heavy (non-hydrogen) atoms. The Kier molecular flexibility index (Phi) is 7.38. The molecular weight excluding hydrogens is 360 g/mol. The number of hydrogen-bond acceptors (Lipinski definition) is 6. The Morgan fingerprint density at radius 2 is 1.75 bits per heavy atom. The molecule has 0 N–H and O–H groups in total. The molecule has 0 aliphatic heterocycles. The van der Waals surface area contributed by atoms with E-state index in [2.05, 4.69) is 4.74 Å². The molecule has 0 unspecified atom stereocenters. The van der Waals surface area contributed by atoms with Gasteiger partial charge in [0, 0.05) is 6.08 Å². The van der Waals surface area contributed by atoms with Crippen LogP contribution in [0.2, 0.25) is 0 Å². The number of hydrogen-bond donors (Lipinski definition) is 0. The fourth-order valence-corrected chi connectivity index (χ4v) is 3.17. The molecular formula is C22H28O6. The van der Waals surface area contributed by atoms with E-state index >= 15 is 0 Å². The predicted octanol–water partition coefficient (Wildman–Crippen LogP) is 3.59. The van der Waals surface area contributed by atoms with Crippen LogP contribution in [0.4, 0.5) is 0 Å². The van der Waals surface area contributed by atoms with Crippen molar-refractivity contribution < 1.29 is 28.6 Å². The summed E-state index contributed by atoms with van der Waals surface area (Å²) >= 11 is 0. The first-order valence-electron chi connectivity index (χ1n) is 9.40. The molecule has 0 spiro atoms. The lowest BCUT2D eigenvalue weighted by atomic mass is 9.76. The lowest BCUT2D eigenvalue weighted by Gasteiger charge is -2.32. The van der Waals surface area contributed by atoms with Gasteiger partial charge in [0.25, 0.3) is 0 Å². The highest BCUT2D eigenvalue weighted by Crippen LogP contribution is 2.36. The first kappa shape index (κ1) is 21.7. The molecule has 1 aliphatic rings. The van der Waals surface area contributed by atoms with Crippen LogP contribution >= 0.6 is 0 Å². The van der Waals surface area contributed by atoms with Gasteiger partial charge in [-0.2, -0.15) is 0 Å². The second-order valence-electron chi connectivity index (χ2n) is 7.91. The highest BCUT2D eigenvalue weighted by Gasteiger charge is 2.40. The Hall–Kier alpha value is -2.63. The monoisotopic (exact) mass is 388 g/mol. The van der Waals surface area contributed by atoms with E-state index in [1.807, 2.05) is 30.3 Å². The molecule has 1 aromatic rings. The van der Waals surface area contributed by atoms with Gasteiger partial charge in [-0.3, -0.25) is 9.59 Å². The maximum absolute atomic E-state index is 12.7. The van der Waals surface area contributed by atoms with Crippen molar-refractivity contribution in [3.05, 3.63) is 47.5 Å². The maximum Gasteiger partial charge on any atom is 0.330 e. The fraction of sp³-hybridized carbons (Fsp3) is 0.500. The zero-order chi connectivity index (χ0) is 20.7. The Balaban J connectivity index is 2.12. The van der Waals surface area contributed by atoms with Crippen LogP contribution in [0.25, 0.3) is 0 Å². The molecule has 0 saturated heterocycles. The van der Waals surface area contributed by atoms with Crippen molar-refractivity contribution in [1.82, 2.24) is 0 Å². The molecule has 1 fully saturated rings. The van der Waals surface area contributed by atoms with Gasteiger partial charge in [0.2, 0.25) is 0 Å². The number of ether oxygens (including phenoxy) is 3. The van der Waals surface area contributed by atoms with Gasteiger partial charge in [-0.15, -0.1) is 0 Å². The number of methoxy groups -OCH3 is 1. The molecule has 0 amide bonds. The molecule has 0 aromatic heterocycles. The third kappa shape index (κ3) is 6.51. The van der Waals surface area contributed by atoms with E-state index < -0.39 is 35.3 Å². The molecule has 1 aromatic carbocycles. The van der Waals surface area contributed by atoms with Gasteiger partial charge < -0.3 is 14.2 Å². The normalized spacial score (nSPS) is 21.1. The standard InChI is InChI=1S/C22H28O6/c1-22(2,3)28-21(25)18-12-16(13-19(23)26-4)10-11-17(18)20(24)27-14-15-8-6-5-7-9-15/h5-9,13,17-18H,10-12,14H2,1-4H3/b16-13-/t17-,18-/m0/s1. The van der Waals surface area contributed by atoms with Crippen molar-refractivity contribution in [3.8, 4) is 0 Å². The second kappa shape index (κ2) is 9.53. The summed E-state index contributed by atoms with van der Waals surface area (Å²) in [5, 5.41) is 0. The molecule has 6 nitrogen and oxygen atoms in total. The molecule has 1 saturated carbocycles. The van der Waals surface area contributed by atoms with Crippen LogP contribution in [-0.2, 0) is 35.2 Å². The molecule has 2 rings (SSSR count). The third-order valence-corrected chi connectivity index (χ3v) is 4.50. The first-order valence-corrected chi connectivity index (χ1v) is 9.40. The second-order valence-corrected chi connectivity index (χ2v) is 7.91. The number of esters is 3. The quantitative estimate of drug-likeness (QED) is 0.436. The van der Waals surface area contributed by atoms with Crippen molar-refractivity contribution in [3.63, 3.8) is 0 Å². The van der Waals surface area contributed by atoms with Gasteiger partial charge in [-0.25, -0.2) is 4.79 Å². The molecule has 0 radical (unpaired) electrons. The first-order chi connectivity index (χ1) is 13.2. The van der Waals surface area contributed by atoms with Crippen molar-refractivity contribution in [1.29, 1.82) is 0 Å². The smallest absolute Gasteiger partial charge is 0.330 e. The summed E-state index contributed by atoms with van der Waals surface area (Å²) in [7, 11) is 1.30. The van der Waals surface area contributed by atoms with Gasteiger partial charge in [-0.05, 0) is 45.6 Å². The van der Waals surface area contributed by atoms with Gasteiger partial charge in [0.05, 0.1) is 18.9 Å². The molecule has 152 valence electrons. The summed E-state index contributed by atoms with van der Waals surface area (Å²) in [5.74, 6) is -2.63. The zero-order valence-corrected chi connectivity index (χ0v) is 16.9. The van der Waals surface area contributed by atoms with E-state index in [1.165, 1.54) is 13.2 Å². The van der Waals surface area contributed by atoms with Crippen molar-refractivity contribution in [2.75, 3.05) is 7.11 Å². The lowest BCUT2D eigenvalue weighted by Crippen LogP contribution is -2.38. The van der Waals surface area contributed by atoms with Crippen molar-refractivity contribution >= 4 is 17.9 Å². The summed E-state index contributed by atoms with van der Waals surface area (Å²) in [5.41, 5.74) is 0.987. The number of rotatable bonds is 5. The van der Waals surface area contributed by atoms with Crippen LogP contribution in [0.5, 0.6) is 0 Å². The van der Waals surface area contributed by atoms with Crippen LogP contribution < -0.4 is 0 Å². The number of allylic oxidation sites excluding steroid dienone is 1. The Labute approximate surface area is 165 Å². The molecule has 1 aliphatic carbocycles. The summed E-state index contributed by atoms with van der Waals surface area (Å²) in [6, 6.07) is 9.38. The van der Waals surface area contributed by atoms with E-state index in [-0.39, 0.29) is 13.0 Å². The SMILES string of the molecule is COC(=O)/C=C1/CC[C@H](C(=O)OCc2ccccc2)[C@@H](C(=O)OC(C)(C)C)C1. The van der Waals surface area contributed by atoms with Crippen LogP contribution in [0.3, 0.4) is 0 Å². The molecule has 6 heteroatoms. The van der Waals surface area contributed by atoms with Gasteiger partial charge in [0.1, 0.15) is 12.2 Å². The molecule has 0 bridgehead atoms. The van der Waals surface area contributed by atoms with E-state index in [4.69, 9.17) is 9.47 Å². The van der Waals surface area contributed by atoms with E-state index in [1.54, 1.807) is 20.8 Å². The van der Waals surface area contributed by atoms with Crippen LogP contribution in [0.1, 0.15) is 45.6 Å². The molecule has 0 heterocycles. The number of carbonyl (C=O) groups excluding carboxylic acids is 3. The minimum atomic E-state index is -0.688. The summed E-state index contributed by atoms with van der Waals surface area (Å²) in [6.45, 7) is 5.49. The number of benzene rings is 1. The summed E-state index contributed by atoms with van der Waals surface area (Å²) < 4.78 is 15.6. The zero-order valence-electron chi connectivity index (χ0n) is 16.9. The molecule has 2 atom stereocenters. The van der Waals surface area contributed by atoms with Gasteiger partial charge in [-0.1, -0.05) is 35.9 Å². The fourth-order valence-electron chi connectivity index (χ4n) is 3.17. The maximum atomic E-state index is 12.7. The summed E-state index contributed by atoms with van der Waals surface area (Å²) in [6.07, 6.45) is 2.61. The average molecular weight is 388 g/mol.